The van der Waals surface area contributed by atoms with Crippen molar-refractivity contribution in [3.63, 3.8) is 0 Å². The second-order valence-corrected chi connectivity index (χ2v) is 5.10. The van der Waals surface area contributed by atoms with Gasteiger partial charge >= 0.3 is 5.97 Å². The fraction of sp³-hybridized carbons (Fsp3) is 0.667. The third kappa shape index (κ3) is 11.2. The summed E-state index contributed by atoms with van der Waals surface area (Å²) in [7, 11) is 0. The largest absolute Gasteiger partial charge is 0.465 e. The molecular weight excluding hydrogens is 212 g/mol. The van der Waals surface area contributed by atoms with E-state index < -0.39 is 0 Å². The van der Waals surface area contributed by atoms with E-state index >= 15 is 0 Å². The molecule has 0 aliphatic heterocycles. The van der Waals surface area contributed by atoms with E-state index in [1.807, 2.05) is 6.92 Å². The van der Waals surface area contributed by atoms with Gasteiger partial charge in [0, 0.05) is 12.8 Å². The van der Waals surface area contributed by atoms with Crippen molar-refractivity contribution in [2.45, 2.75) is 53.4 Å². The molecule has 98 valence electrons. The number of rotatable bonds is 8. The van der Waals surface area contributed by atoms with Crippen molar-refractivity contribution in [1.82, 2.24) is 0 Å². The van der Waals surface area contributed by atoms with Gasteiger partial charge < -0.3 is 4.74 Å². The van der Waals surface area contributed by atoms with Crippen molar-refractivity contribution in [3.8, 4) is 0 Å². The molecule has 0 aliphatic carbocycles. The molecule has 0 aliphatic rings. The van der Waals surface area contributed by atoms with Gasteiger partial charge in [-0.2, -0.15) is 0 Å². The van der Waals surface area contributed by atoms with Crippen LogP contribution < -0.4 is 0 Å². The highest BCUT2D eigenvalue weighted by Gasteiger charge is 2.09. The van der Waals surface area contributed by atoms with Crippen LogP contribution >= 0.6 is 0 Å². The Balaban J connectivity index is 3.65. The van der Waals surface area contributed by atoms with Crippen molar-refractivity contribution in [3.05, 3.63) is 23.8 Å². The molecular formula is C15H26O2. The lowest BCUT2D eigenvalue weighted by Gasteiger charge is -2.10. The van der Waals surface area contributed by atoms with Gasteiger partial charge in [-0.15, -0.1) is 6.58 Å². The van der Waals surface area contributed by atoms with Crippen LogP contribution in [0.3, 0.4) is 0 Å². The lowest BCUT2D eigenvalue weighted by atomic mass is 10.0. The third-order valence-electron chi connectivity index (χ3n) is 2.52. The molecule has 0 fully saturated rings. The first-order valence-electron chi connectivity index (χ1n) is 6.35. The van der Waals surface area contributed by atoms with E-state index in [-0.39, 0.29) is 5.97 Å². The minimum Gasteiger partial charge on any atom is -0.465 e. The maximum Gasteiger partial charge on any atom is 0.306 e. The average molecular weight is 238 g/mol. The van der Waals surface area contributed by atoms with Gasteiger partial charge in [-0.25, -0.2) is 0 Å². The molecule has 17 heavy (non-hydrogen) atoms. The first kappa shape index (κ1) is 16.0. The number of carbonyl (C=O) groups is 1. The van der Waals surface area contributed by atoms with Crippen molar-refractivity contribution in [1.29, 1.82) is 0 Å². The second-order valence-electron chi connectivity index (χ2n) is 5.10. The van der Waals surface area contributed by atoms with Crippen LogP contribution in [-0.2, 0) is 9.53 Å². The van der Waals surface area contributed by atoms with E-state index in [0.29, 0.717) is 18.9 Å². The molecule has 0 aromatic heterocycles. The zero-order valence-electron chi connectivity index (χ0n) is 11.7. The summed E-state index contributed by atoms with van der Waals surface area (Å²) in [5.74, 6) is 0.305. The van der Waals surface area contributed by atoms with Crippen molar-refractivity contribution >= 4 is 5.97 Å². The first-order chi connectivity index (χ1) is 7.91. The summed E-state index contributed by atoms with van der Waals surface area (Å²) < 4.78 is 5.14. The van der Waals surface area contributed by atoms with Gasteiger partial charge in [0.25, 0.3) is 0 Å². The van der Waals surface area contributed by atoms with Gasteiger partial charge in [0.15, 0.2) is 0 Å². The molecule has 0 spiro atoms. The SMILES string of the molecule is C=C(C)CCOC(=O)CC(C)CCC=C(C)C. The Bertz CT molecular complexity index is 273. The molecule has 0 heterocycles. The van der Waals surface area contributed by atoms with Gasteiger partial charge in [-0.1, -0.05) is 24.1 Å². The molecule has 2 heteroatoms. The standard InChI is InChI=1S/C15H26O2/c1-12(2)7-6-8-14(5)11-15(16)17-10-9-13(3)4/h7,14H,3,6,8-11H2,1-2,4-5H3. The molecule has 0 radical (unpaired) electrons. The Morgan fingerprint density at radius 1 is 1.35 bits per heavy atom. The topological polar surface area (TPSA) is 26.3 Å². The van der Waals surface area contributed by atoms with Gasteiger partial charge in [0.2, 0.25) is 0 Å². The van der Waals surface area contributed by atoms with E-state index in [9.17, 15) is 4.79 Å². The number of esters is 1. The Morgan fingerprint density at radius 2 is 2.00 bits per heavy atom. The maximum atomic E-state index is 11.5. The van der Waals surface area contributed by atoms with Crippen molar-refractivity contribution < 1.29 is 9.53 Å². The maximum absolute atomic E-state index is 11.5. The molecule has 0 N–H and O–H groups in total. The summed E-state index contributed by atoms with van der Waals surface area (Å²) in [5.41, 5.74) is 2.38. The lowest BCUT2D eigenvalue weighted by Crippen LogP contribution is -2.10. The van der Waals surface area contributed by atoms with Crippen LogP contribution in [0.25, 0.3) is 0 Å². The third-order valence-corrected chi connectivity index (χ3v) is 2.52. The molecule has 1 unspecified atom stereocenters. The minimum absolute atomic E-state index is 0.0871. The zero-order valence-corrected chi connectivity index (χ0v) is 11.7. The average Bonchev–Trinajstić information content (AvgIpc) is 2.15. The Kier molecular flexibility index (Phi) is 8.47. The fourth-order valence-electron chi connectivity index (χ4n) is 1.44. The van der Waals surface area contributed by atoms with Gasteiger partial charge in [0.05, 0.1) is 6.61 Å². The summed E-state index contributed by atoms with van der Waals surface area (Å²) in [6.07, 6.45) is 5.58. The molecule has 0 amide bonds. The summed E-state index contributed by atoms with van der Waals surface area (Å²) >= 11 is 0. The lowest BCUT2D eigenvalue weighted by molar-refractivity contribution is -0.144. The smallest absolute Gasteiger partial charge is 0.306 e. The monoisotopic (exact) mass is 238 g/mol. The minimum atomic E-state index is -0.0871. The molecule has 2 nitrogen and oxygen atoms in total. The Hall–Kier alpha value is -1.05. The van der Waals surface area contributed by atoms with Gasteiger partial charge in [0.1, 0.15) is 0 Å². The van der Waals surface area contributed by atoms with Crippen LogP contribution in [0, 0.1) is 5.92 Å². The van der Waals surface area contributed by atoms with E-state index in [2.05, 4.69) is 33.4 Å². The van der Waals surface area contributed by atoms with E-state index in [1.54, 1.807) is 0 Å². The number of ether oxygens (including phenoxy) is 1. The summed E-state index contributed by atoms with van der Waals surface area (Å²) in [6, 6.07) is 0. The Labute approximate surface area is 106 Å². The van der Waals surface area contributed by atoms with E-state index in [0.717, 1.165) is 24.8 Å². The molecule has 0 saturated carbocycles. The van der Waals surface area contributed by atoms with E-state index in [1.165, 1.54) is 5.57 Å². The number of hydrogen-bond acceptors (Lipinski definition) is 2. The van der Waals surface area contributed by atoms with Crippen LogP contribution in [0.4, 0.5) is 0 Å². The summed E-state index contributed by atoms with van der Waals surface area (Å²) in [4.78, 5) is 11.5. The highest BCUT2D eigenvalue weighted by atomic mass is 16.5. The molecule has 1 atom stereocenters. The van der Waals surface area contributed by atoms with Crippen LogP contribution in [0.5, 0.6) is 0 Å². The highest BCUT2D eigenvalue weighted by Crippen LogP contribution is 2.12. The summed E-state index contributed by atoms with van der Waals surface area (Å²) in [6.45, 7) is 12.5. The Morgan fingerprint density at radius 3 is 2.53 bits per heavy atom. The molecule has 0 aromatic rings. The molecule has 0 saturated heterocycles. The predicted octanol–water partition coefficient (Wildman–Crippen LogP) is 4.27. The predicted molar refractivity (Wildman–Crippen MR) is 72.8 cm³/mol. The zero-order chi connectivity index (χ0) is 13.3. The van der Waals surface area contributed by atoms with Crippen LogP contribution in [0.1, 0.15) is 53.4 Å². The quantitative estimate of drug-likeness (QED) is 0.466. The first-order valence-corrected chi connectivity index (χ1v) is 6.35. The normalized spacial score (nSPS) is 11.8. The number of hydrogen-bond donors (Lipinski definition) is 0. The van der Waals surface area contributed by atoms with Gasteiger partial charge in [-0.05, 0) is 39.5 Å². The van der Waals surface area contributed by atoms with E-state index in [4.69, 9.17) is 4.74 Å². The highest BCUT2D eigenvalue weighted by molar-refractivity contribution is 5.69. The van der Waals surface area contributed by atoms with Crippen LogP contribution in [0.2, 0.25) is 0 Å². The van der Waals surface area contributed by atoms with Crippen molar-refractivity contribution in [2.24, 2.45) is 5.92 Å². The fourth-order valence-corrected chi connectivity index (χ4v) is 1.44. The second kappa shape index (κ2) is 9.03. The number of allylic oxidation sites excluding steroid dienone is 2. The van der Waals surface area contributed by atoms with Crippen molar-refractivity contribution in [2.75, 3.05) is 6.61 Å². The molecule has 0 rings (SSSR count). The molecule has 0 aromatic carbocycles. The van der Waals surface area contributed by atoms with Crippen LogP contribution in [0.15, 0.2) is 23.8 Å². The van der Waals surface area contributed by atoms with Gasteiger partial charge in [-0.3, -0.25) is 4.79 Å². The number of carbonyl (C=O) groups excluding carboxylic acids is 1. The summed E-state index contributed by atoms with van der Waals surface area (Å²) in [5, 5.41) is 0. The molecule has 0 bridgehead atoms. The van der Waals surface area contributed by atoms with Crippen LogP contribution in [-0.4, -0.2) is 12.6 Å².